The molecule has 1 N–H and O–H groups in total. The number of thiophene rings is 1. The molecular weight excluding hydrogens is 248 g/mol. The van der Waals surface area contributed by atoms with Crippen molar-refractivity contribution in [2.24, 2.45) is 0 Å². The van der Waals surface area contributed by atoms with Gasteiger partial charge >= 0.3 is 0 Å². The van der Waals surface area contributed by atoms with E-state index in [1.165, 1.54) is 16.0 Å². The zero-order chi connectivity index (χ0) is 11.8. The maximum atomic E-state index is 5.40. The second kappa shape index (κ2) is 4.13. The Balaban J connectivity index is 2.19. The molecule has 3 rings (SSSR count). The van der Waals surface area contributed by atoms with E-state index in [4.69, 9.17) is 12.2 Å². The molecule has 2 heterocycles. The largest absolute Gasteiger partial charge is 0.330 e. The van der Waals surface area contributed by atoms with Crippen molar-refractivity contribution >= 4 is 34.6 Å². The first-order valence-electron chi connectivity index (χ1n) is 5.46. The fraction of sp³-hybridized carbons (Fsp3) is 0.154. The summed E-state index contributed by atoms with van der Waals surface area (Å²) in [6.07, 6.45) is 0. The van der Waals surface area contributed by atoms with Gasteiger partial charge in [0.2, 0.25) is 0 Å². The molecule has 3 aromatic rings. The molecule has 0 saturated carbocycles. The Labute approximate surface area is 109 Å². The number of fused-ring (bicyclic) bond motifs is 1. The molecule has 0 aliphatic rings. The summed E-state index contributed by atoms with van der Waals surface area (Å²) in [5.74, 6) is 0. The van der Waals surface area contributed by atoms with E-state index in [1.54, 1.807) is 11.3 Å². The van der Waals surface area contributed by atoms with Crippen molar-refractivity contribution in [3.8, 4) is 0 Å². The van der Waals surface area contributed by atoms with E-state index in [2.05, 4.69) is 52.2 Å². The van der Waals surface area contributed by atoms with Crippen LogP contribution in [0, 0.1) is 11.7 Å². The van der Waals surface area contributed by atoms with E-state index >= 15 is 0 Å². The molecule has 0 fully saturated rings. The van der Waals surface area contributed by atoms with Gasteiger partial charge < -0.3 is 9.55 Å². The summed E-state index contributed by atoms with van der Waals surface area (Å²) >= 11 is 7.16. The van der Waals surface area contributed by atoms with E-state index in [0.717, 1.165) is 16.8 Å². The number of para-hydroxylation sites is 1. The lowest BCUT2D eigenvalue weighted by Crippen LogP contribution is -1.97. The maximum absolute atomic E-state index is 5.40. The molecule has 1 aromatic carbocycles. The van der Waals surface area contributed by atoms with Crippen LogP contribution in [0.2, 0.25) is 0 Å². The van der Waals surface area contributed by atoms with Gasteiger partial charge in [0.25, 0.3) is 0 Å². The Bertz CT molecular complexity index is 705. The van der Waals surface area contributed by atoms with Crippen LogP contribution >= 0.6 is 23.6 Å². The highest BCUT2D eigenvalue weighted by Gasteiger charge is 2.06. The number of hydrogen-bond acceptors (Lipinski definition) is 2. The highest BCUT2D eigenvalue weighted by molar-refractivity contribution is 7.71. The van der Waals surface area contributed by atoms with E-state index in [9.17, 15) is 0 Å². The smallest absolute Gasteiger partial charge is 0.178 e. The Morgan fingerprint density at radius 2 is 2.18 bits per heavy atom. The number of nitrogens with one attached hydrogen (secondary N) is 1. The molecule has 0 radical (unpaired) electrons. The van der Waals surface area contributed by atoms with Crippen LogP contribution in [0.15, 0.2) is 35.7 Å². The summed E-state index contributed by atoms with van der Waals surface area (Å²) in [6, 6.07) is 10.5. The van der Waals surface area contributed by atoms with Crippen LogP contribution in [0.25, 0.3) is 11.0 Å². The number of imidazole rings is 1. The van der Waals surface area contributed by atoms with Crippen molar-refractivity contribution in [1.29, 1.82) is 0 Å². The monoisotopic (exact) mass is 260 g/mol. The minimum atomic E-state index is 0.794. The number of H-pyrrole nitrogens is 1. The third-order valence-electron chi connectivity index (χ3n) is 2.91. The number of nitrogens with zero attached hydrogens (tertiary/aromatic N) is 1. The molecule has 17 heavy (non-hydrogen) atoms. The topological polar surface area (TPSA) is 20.7 Å². The van der Waals surface area contributed by atoms with Crippen LogP contribution in [0.4, 0.5) is 0 Å². The number of hydrogen-bond donors (Lipinski definition) is 1. The van der Waals surface area contributed by atoms with Crippen LogP contribution in [0.1, 0.15) is 10.4 Å². The fourth-order valence-corrected chi connectivity index (χ4v) is 3.00. The van der Waals surface area contributed by atoms with E-state index in [-0.39, 0.29) is 0 Å². The van der Waals surface area contributed by atoms with Gasteiger partial charge in [-0.15, -0.1) is 11.3 Å². The number of rotatable bonds is 2. The van der Waals surface area contributed by atoms with E-state index in [0.29, 0.717) is 0 Å². The third-order valence-corrected chi connectivity index (χ3v) is 4.10. The summed E-state index contributed by atoms with van der Waals surface area (Å²) < 4.78 is 2.95. The highest BCUT2D eigenvalue weighted by Crippen LogP contribution is 2.20. The number of benzene rings is 1. The normalized spacial score (nSPS) is 11.1. The predicted molar refractivity (Wildman–Crippen MR) is 75.3 cm³/mol. The standard InChI is InChI=1S/C13H12N2S2/c1-9-4-2-6-11-12(9)14-13(16)15(11)8-10-5-3-7-17-10/h2-7H,8H2,1H3,(H,14,16). The summed E-state index contributed by atoms with van der Waals surface area (Å²) in [5.41, 5.74) is 3.57. The van der Waals surface area contributed by atoms with E-state index in [1.807, 2.05) is 0 Å². The lowest BCUT2D eigenvalue weighted by atomic mass is 10.2. The molecule has 86 valence electrons. The van der Waals surface area contributed by atoms with Crippen LogP contribution in [-0.4, -0.2) is 9.55 Å². The van der Waals surface area contributed by atoms with Gasteiger partial charge in [-0.25, -0.2) is 0 Å². The first kappa shape index (κ1) is 10.7. The summed E-state index contributed by atoms with van der Waals surface area (Å²) in [6.45, 7) is 2.95. The quantitative estimate of drug-likeness (QED) is 0.687. The van der Waals surface area contributed by atoms with Crippen LogP contribution in [0.3, 0.4) is 0 Å². The molecule has 0 saturated heterocycles. The Morgan fingerprint density at radius 3 is 2.94 bits per heavy atom. The second-order valence-electron chi connectivity index (χ2n) is 4.06. The van der Waals surface area contributed by atoms with Crippen LogP contribution in [-0.2, 0) is 6.54 Å². The summed E-state index contributed by atoms with van der Waals surface area (Å²) in [7, 11) is 0. The van der Waals surface area contributed by atoms with Gasteiger partial charge in [-0.2, -0.15) is 0 Å². The molecule has 0 aliphatic carbocycles. The lowest BCUT2D eigenvalue weighted by molar-refractivity contribution is 0.823. The van der Waals surface area contributed by atoms with Gasteiger partial charge in [0, 0.05) is 4.88 Å². The van der Waals surface area contributed by atoms with Crippen LogP contribution in [0.5, 0.6) is 0 Å². The SMILES string of the molecule is Cc1cccc2c1[nH]c(=S)n2Cc1cccs1. The summed E-state index contributed by atoms with van der Waals surface area (Å²) in [4.78, 5) is 4.61. The van der Waals surface area contributed by atoms with Crippen molar-refractivity contribution < 1.29 is 0 Å². The average molecular weight is 260 g/mol. The Kier molecular flexibility index (Phi) is 2.61. The third kappa shape index (κ3) is 1.83. The zero-order valence-electron chi connectivity index (χ0n) is 9.43. The molecule has 2 nitrogen and oxygen atoms in total. The van der Waals surface area contributed by atoms with Crippen molar-refractivity contribution in [3.05, 3.63) is 50.9 Å². The minimum absolute atomic E-state index is 0.794. The molecule has 0 bridgehead atoms. The van der Waals surface area contributed by atoms with Crippen molar-refractivity contribution in [3.63, 3.8) is 0 Å². The van der Waals surface area contributed by atoms with Gasteiger partial charge in [-0.3, -0.25) is 0 Å². The van der Waals surface area contributed by atoms with Crippen molar-refractivity contribution in [2.75, 3.05) is 0 Å². The lowest BCUT2D eigenvalue weighted by Gasteiger charge is -2.02. The van der Waals surface area contributed by atoms with Gasteiger partial charge in [0.1, 0.15) is 0 Å². The zero-order valence-corrected chi connectivity index (χ0v) is 11.1. The first-order chi connectivity index (χ1) is 8.25. The molecule has 0 aliphatic heterocycles. The molecule has 0 atom stereocenters. The average Bonchev–Trinajstić information content (AvgIpc) is 2.91. The molecule has 0 spiro atoms. The van der Waals surface area contributed by atoms with E-state index < -0.39 is 0 Å². The highest BCUT2D eigenvalue weighted by atomic mass is 32.1. The molecule has 4 heteroatoms. The Hall–Kier alpha value is -1.39. The number of aromatic amines is 1. The molecule has 2 aromatic heterocycles. The van der Waals surface area contributed by atoms with Gasteiger partial charge in [-0.1, -0.05) is 18.2 Å². The van der Waals surface area contributed by atoms with Crippen molar-refractivity contribution in [1.82, 2.24) is 9.55 Å². The molecule has 0 amide bonds. The Morgan fingerprint density at radius 1 is 1.29 bits per heavy atom. The van der Waals surface area contributed by atoms with Gasteiger partial charge in [-0.05, 0) is 42.2 Å². The summed E-state index contributed by atoms with van der Waals surface area (Å²) in [5, 5.41) is 2.10. The predicted octanol–water partition coefficient (Wildman–Crippen LogP) is 4.12. The minimum Gasteiger partial charge on any atom is -0.330 e. The first-order valence-corrected chi connectivity index (χ1v) is 6.75. The maximum Gasteiger partial charge on any atom is 0.178 e. The van der Waals surface area contributed by atoms with Crippen molar-refractivity contribution in [2.45, 2.75) is 13.5 Å². The number of aromatic nitrogens is 2. The molecule has 0 unspecified atom stereocenters. The molecular formula is C13H12N2S2. The van der Waals surface area contributed by atoms with Gasteiger partial charge in [0.05, 0.1) is 17.6 Å². The number of aryl methyl sites for hydroxylation is 1. The fourth-order valence-electron chi connectivity index (χ4n) is 2.04. The van der Waals surface area contributed by atoms with Gasteiger partial charge in [0.15, 0.2) is 4.77 Å². The second-order valence-corrected chi connectivity index (χ2v) is 5.48. The van der Waals surface area contributed by atoms with Crippen LogP contribution < -0.4 is 0 Å².